The lowest BCUT2D eigenvalue weighted by atomic mass is 9.85. The molecule has 0 bridgehead atoms. The molecule has 3 aromatic carbocycles. The Kier molecular flexibility index (Phi) is 5.51. The lowest BCUT2D eigenvalue weighted by molar-refractivity contribution is -0.127. The molecular formula is C27H30N2O3. The van der Waals surface area contributed by atoms with Crippen LogP contribution in [0.5, 0.6) is 11.5 Å². The Morgan fingerprint density at radius 2 is 1.75 bits per heavy atom. The highest BCUT2D eigenvalue weighted by molar-refractivity contribution is 5.86. The Bertz CT molecular complexity index is 1130. The summed E-state index contributed by atoms with van der Waals surface area (Å²) in [6.07, 6.45) is 1.75. The zero-order valence-electron chi connectivity index (χ0n) is 18.8. The highest BCUT2D eigenvalue weighted by atomic mass is 16.7. The zero-order valence-corrected chi connectivity index (χ0v) is 18.8. The molecule has 2 aliphatic heterocycles. The summed E-state index contributed by atoms with van der Waals surface area (Å²) in [6, 6.07) is 21.0. The predicted octanol–water partition coefficient (Wildman–Crippen LogP) is 4.83. The van der Waals surface area contributed by atoms with Gasteiger partial charge in [-0.05, 0) is 73.8 Å². The van der Waals surface area contributed by atoms with Crippen molar-refractivity contribution < 1.29 is 14.3 Å². The van der Waals surface area contributed by atoms with Crippen molar-refractivity contribution in [2.24, 2.45) is 5.92 Å². The molecule has 1 N–H and O–H groups in total. The molecule has 1 fully saturated rings. The van der Waals surface area contributed by atoms with Gasteiger partial charge in [0.2, 0.25) is 12.7 Å². The SMILES string of the molecule is CC(C)(c1cccc2ccccc12)N1CCC(C(=O)NCc2ccc3c(c2)OCO3)CC1. The van der Waals surface area contributed by atoms with Crippen molar-refractivity contribution in [2.75, 3.05) is 19.9 Å². The zero-order chi connectivity index (χ0) is 22.1. The molecule has 5 nitrogen and oxygen atoms in total. The number of hydrogen-bond donors (Lipinski definition) is 1. The fourth-order valence-electron chi connectivity index (χ4n) is 5.01. The summed E-state index contributed by atoms with van der Waals surface area (Å²) in [5.41, 5.74) is 2.29. The summed E-state index contributed by atoms with van der Waals surface area (Å²) >= 11 is 0. The molecule has 3 aromatic rings. The number of likely N-dealkylation sites (tertiary alicyclic amines) is 1. The van der Waals surface area contributed by atoms with Crippen molar-refractivity contribution in [3.05, 3.63) is 71.8 Å². The van der Waals surface area contributed by atoms with Gasteiger partial charge in [0.15, 0.2) is 11.5 Å². The van der Waals surface area contributed by atoms with E-state index in [0.29, 0.717) is 6.54 Å². The monoisotopic (exact) mass is 430 g/mol. The van der Waals surface area contributed by atoms with Crippen LogP contribution in [0.4, 0.5) is 0 Å². The Morgan fingerprint density at radius 3 is 2.59 bits per heavy atom. The number of rotatable bonds is 5. The molecule has 0 atom stereocenters. The number of ether oxygens (including phenoxy) is 2. The summed E-state index contributed by atoms with van der Waals surface area (Å²) in [7, 11) is 0. The van der Waals surface area contributed by atoms with Gasteiger partial charge in [0.25, 0.3) is 0 Å². The lowest BCUT2D eigenvalue weighted by Crippen LogP contribution is -2.48. The van der Waals surface area contributed by atoms with Crippen LogP contribution in [-0.4, -0.2) is 30.7 Å². The second-order valence-corrected chi connectivity index (χ2v) is 9.25. The molecule has 166 valence electrons. The predicted molar refractivity (Wildman–Crippen MR) is 126 cm³/mol. The van der Waals surface area contributed by atoms with E-state index in [2.05, 4.69) is 66.5 Å². The molecule has 5 rings (SSSR count). The van der Waals surface area contributed by atoms with Crippen LogP contribution in [0.3, 0.4) is 0 Å². The summed E-state index contributed by atoms with van der Waals surface area (Å²) < 4.78 is 10.8. The molecule has 32 heavy (non-hydrogen) atoms. The van der Waals surface area contributed by atoms with E-state index < -0.39 is 0 Å². The van der Waals surface area contributed by atoms with E-state index in [1.165, 1.54) is 16.3 Å². The molecule has 2 aliphatic rings. The molecule has 5 heteroatoms. The minimum atomic E-state index is -0.0885. The molecule has 1 saturated heterocycles. The molecule has 0 spiro atoms. The van der Waals surface area contributed by atoms with E-state index in [-0.39, 0.29) is 24.2 Å². The van der Waals surface area contributed by atoms with Gasteiger partial charge in [-0.1, -0.05) is 48.5 Å². The van der Waals surface area contributed by atoms with Gasteiger partial charge in [-0.15, -0.1) is 0 Å². The number of nitrogens with zero attached hydrogens (tertiary/aromatic N) is 1. The van der Waals surface area contributed by atoms with E-state index in [4.69, 9.17) is 9.47 Å². The first-order valence-electron chi connectivity index (χ1n) is 11.4. The topological polar surface area (TPSA) is 50.8 Å². The third kappa shape index (κ3) is 3.93. The van der Waals surface area contributed by atoms with E-state index in [1.807, 2.05) is 18.2 Å². The van der Waals surface area contributed by atoms with Gasteiger partial charge in [0, 0.05) is 18.0 Å². The highest BCUT2D eigenvalue weighted by Crippen LogP contribution is 2.36. The third-order valence-electron chi connectivity index (χ3n) is 7.01. The summed E-state index contributed by atoms with van der Waals surface area (Å²) in [5, 5.41) is 5.70. The minimum absolute atomic E-state index is 0.0589. The number of hydrogen-bond acceptors (Lipinski definition) is 4. The van der Waals surface area contributed by atoms with Crippen LogP contribution in [0.2, 0.25) is 0 Å². The van der Waals surface area contributed by atoms with Crippen molar-refractivity contribution in [2.45, 2.75) is 38.8 Å². The first kappa shape index (κ1) is 20.8. The Hall–Kier alpha value is -3.05. The highest BCUT2D eigenvalue weighted by Gasteiger charge is 2.34. The number of fused-ring (bicyclic) bond motifs is 2. The maximum atomic E-state index is 12.8. The maximum absolute atomic E-state index is 12.8. The normalized spacial score (nSPS) is 16.9. The van der Waals surface area contributed by atoms with Gasteiger partial charge in [0.1, 0.15) is 0 Å². The van der Waals surface area contributed by atoms with Crippen molar-refractivity contribution in [1.82, 2.24) is 10.2 Å². The summed E-state index contributed by atoms with van der Waals surface area (Å²) in [6.45, 7) is 7.20. The van der Waals surface area contributed by atoms with Crippen LogP contribution in [0.15, 0.2) is 60.7 Å². The Balaban J connectivity index is 1.20. The van der Waals surface area contributed by atoms with Crippen LogP contribution < -0.4 is 14.8 Å². The van der Waals surface area contributed by atoms with Gasteiger partial charge >= 0.3 is 0 Å². The van der Waals surface area contributed by atoms with Gasteiger partial charge in [-0.3, -0.25) is 9.69 Å². The van der Waals surface area contributed by atoms with E-state index in [0.717, 1.165) is 43.0 Å². The fraction of sp³-hybridized carbons (Fsp3) is 0.370. The van der Waals surface area contributed by atoms with Crippen LogP contribution in [-0.2, 0) is 16.9 Å². The Labute approximate surface area is 189 Å². The summed E-state index contributed by atoms with van der Waals surface area (Å²) in [4.78, 5) is 15.3. The lowest BCUT2D eigenvalue weighted by Gasteiger charge is -2.43. The van der Waals surface area contributed by atoms with Gasteiger partial charge in [-0.2, -0.15) is 0 Å². The smallest absolute Gasteiger partial charge is 0.231 e. The van der Waals surface area contributed by atoms with E-state index >= 15 is 0 Å². The second kappa shape index (κ2) is 8.47. The van der Waals surface area contributed by atoms with Crippen LogP contribution in [0.1, 0.15) is 37.8 Å². The first-order chi connectivity index (χ1) is 15.5. The largest absolute Gasteiger partial charge is 0.454 e. The van der Waals surface area contributed by atoms with Crippen LogP contribution in [0.25, 0.3) is 10.8 Å². The maximum Gasteiger partial charge on any atom is 0.231 e. The van der Waals surface area contributed by atoms with Gasteiger partial charge < -0.3 is 14.8 Å². The Morgan fingerprint density at radius 1 is 1.00 bits per heavy atom. The second-order valence-electron chi connectivity index (χ2n) is 9.25. The van der Waals surface area contributed by atoms with Crippen molar-refractivity contribution in [3.63, 3.8) is 0 Å². The quantitative estimate of drug-likeness (QED) is 0.630. The fourth-order valence-corrected chi connectivity index (χ4v) is 5.01. The molecule has 0 aromatic heterocycles. The molecule has 0 unspecified atom stereocenters. The number of piperidine rings is 1. The molecule has 0 aliphatic carbocycles. The van der Waals surface area contributed by atoms with Gasteiger partial charge in [-0.25, -0.2) is 0 Å². The number of benzene rings is 3. The van der Waals surface area contributed by atoms with Gasteiger partial charge in [0.05, 0.1) is 0 Å². The average molecular weight is 431 g/mol. The first-order valence-corrected chi connectivity index (χ1v) is 11.4. The number of nitrogens with one attached hydrogen (secondary N) is 1. The van der Waals surface area contributed by atoms with Crippen LogP contribution in [0, 0.1) is 5.92 Å². The minimum Gasteiger partial charge on any atom is -0.454 e. The third-order valence-corrected chi connectivity index (χ3v) is 7.01. The molecule has 0 radical (unpaired) electrons. The number of carbonyl (C=O) groups is 1. The number of carbonyl (C=O) groups excluding carboxylic acids is 1. The average Bonchev–Trinajstić information content (AvgIpc) is 3.30. The summed E-state index contributed by atoms with van der Waals surface area (Å²) in [5.74, 6) is 1.72. The molecule has 1 amide bonds. The van der Waals surface area contributed by atoms with E-state index in [9.17, 15) is 4.79 Å². The van der Waals surface area contributed by atoms with Crippen molar-refractivity contribution in [3.8, 4) is 11.5 Å². The molecule has 0 saturated carbocycles. The number of amides is 1. The van der Waals surface area contributed by atoms with E-state index in [1.54, 1.807) is 0 Å². The molecular weight excluding hydrogens is 400 g/mol. The molecule has 2 heterocycles. The van der Waals surface area contributed by atoms with Crippen molar-refractivity contribution >= 4 is 16.7 Å². The standard InChI is InChI=1S/C27H30N2O3/c1-27(2,23-9-5-7-20-6-3-4-8-22(20)23)29-14-12-21(13-15-29)26(30)28-17-19-10-11-24-25(16-19)32-18-31-24/h3-11,16,21H,12-15,17-18H2,1-2H3,(H,28,30). The van der Waals surface area contributed by atoms with Crippen LogP contribution >= 0.6 is 0 Å². The van der Waals surface area contributed by atoms with Crippen molar-refractivity contribution in [1.29, 1.82) is 0 Å².